The standard InChI is InChI=1S/C17H25ClFN3O/c1-10(2)22-7-6-15(21-11(3)8-16(20)23)17(22)12-4-5-13(18)14(19)9-12/h4-5,9-11,15,17,21H,6-8H2,1-3H3,(H2,20,23). The first-order chi connectivity index (χ1) is 10.8. The van der Waals surface area contributed by atoms with Crippen LogP contribution in [-0.4, -0.2) is 35.5 Å². The van der Waals surface area contributed by atoms with Crippen LogP contribution in [0.5, 0.6) is 0 Å². The summed E-state index contributed by atoms with van der Waals surface area (Å²) >= 11 is 5.81. The molecular formula is C17H25ClFN3O. The van der Waals surface area contributed by atoms with Crippen LogP contribution in [-0.2, 0) is 4.79 Å². The molecular weight excluding hydrogens is 317 g/mol. The number of carbonyl (C=O) groups excluding carboxylic acids is 1. The Balaban J connectivity index is 2.23. The van der Waals surface area contributed by atoms with Gasteiger partial charge in [0.05, 0.1) is 11.1 Å². The van der Waals surface area contributed by atoms with Crippen LogP contribution in [0.25, 0.3) is 0 Å². The molecule has 1 aromatic carbocycles. The number of hydrogen-bond acceptors (Lipinski definition) is 3. The molecule has 1 amide bonds. The van der Waals surface area contributed by atoms with Crippen molar-refractivity contribution >= 4 is 17.5 Å². The first kappa shape index (κ1) is 18.2. The number of nitrogens with one attached hydrogen (secondary N) is 1. The fraction of sp³-hybridized carbons (Fsp3) is 0.588. The minimum absolute atomic E-state index is 0.00995. The van der Waals surface area contributed by atoms with Gasteiger partial charge < -0.3 is 11.1 Å². The summed E-state index contributed by atoms with van der Waals surface area (Å²) in [5, 5.41) is 3.61. The van der Waals surface area contributed by atoms with Crippen molar-refractivity contribution in [1.29, 1.82) is 0 Å². The van der Waals surface area contributed by atoms with Crippen LogP contribution in [0.15, 0.2) is 18.2 Å². The maximum absolute atomic E-state index is 13.9. The van der Waals surface area contributed by atoms with E-state index in [9.17, 15) is 9.18 Å². The van der Waals surface area contributed by atoms with Gasteiger partial charge >= 0.3 is 0 Å². The summed E-state index contributed by atoms with van der Waals surface area (Å²) in [5.74, 6) is -0.721. The van der Waals surface area contributed by atoms with Crippen LogP contribution in [0.3, 0.4) is 0 Å². The van der Waals surface area contributed by atoms with Crippen molar-refractivity contribution in [3.8, 4) is 0 Å². The molecule has 1 aromatic rings. The number of primary amides is 1. The van der Waals surface area contributed by atoms with E-state index in [0.29, 0.717) is 12.5 Å². The summed E-state index contributed by atoms with van der Waals surface area (Å²) in [6.45, 7) is 7.14. The van der Waals surface area contributed by atoms with Gasteiger partial charge in [-0.2, -0.15) is 0 Å². The average molecular weight is 342 g/mol. The first-order valence-corrected chi connectivity index (χ1v) is 8.42. The van der Waals surface area contributed by atoms with E-state index in [2.05, 4.69) is 24.1 Å². The maximum atomic E-state index is 13.9. The number of carbonyl (C=O) groups is 1. The highest BCUT2D eigenvalue weighted by atomic mass is 35.5. The van der Waals surface area contributed by atoms with E-state index in [1.54, 1.807) is 6.07 Å². The number of amides is 1. The number of benzene rings is 1. The molecule has 2 rings (SSSR count). The highest BCUT2D eigenvalue weighted by Gasteiger charge is 2.37. The molecule has 1 aliphatic heterocycles. The molecule has 4 nitrogen and oxygen atoms in total. The third-order valence-electron chi connectivity index (χ3n) is 4.39. The van der Waals surface area contributed by atoms with Crippen molar-refractivity contribution in [2.75, 3.05) is 6.54 Å². The van der Waals surface area contributed by atoms with Gasteiger partial charge in [-0.3, -0.25) is 9.69 Å². The second-order valence-corrected chi connectivity index (χ2v) is 6.99. The molecule has 0 radical (unpaired) electrons. The molecule has 3 unspecified atom stereocenters. The molecule has 6 heteroatoms. The summed E-state index contributed by atoms with van der Waals surface area (Å²) in [5.41, 5.74) is 6.18. The van der Waals surface area contributed by atoms with Crippen molar-refractivity contribution in [1.82, 2.24) is 10.2 Å². The predicted octanol–water partition coefficient (Wildman–Crippen LogP) is 2.86. The SMILES string of the molecule is CC(CC(N)=O)NC1CCN(C(C)C)C1c1ccc(Cl)c(F)c1. The predicted molar refractivity (Wildman–Crippen MR) is 90.8 cm³/mol. The lowest BCUT2D eigenvalue weighted by atomic mass is 9.98. The lowest BCUT2D eigenvalue weighted by Crippen LogP contribution is -2.43. The molecule has 1 heterocycles. The normalized spacial score (nSPS) is 23.4. The Morgan fingerprint density at radius 2 is 2.17 bits per heavy atom. The zero-order valence-electron chi connectivity index (χ0n) is 13.9. The van der Waals surface area contributed by atoms with Crippen LogP contribution in [0, 0.1) is 5.82 Å². The Morgan fingerprint density at radius 1 is 1.48 bits per heavy atom. The van der Waals surface area contributed by atoms with Gasteiger partial charge in [0.1, 0.15) is 5.82 Å². The number of nitrogens with two attached hydrogens (primary N) is 1. The third-order valence-corrected chi connectivity index (χ3v) is 4.70. The monoisotopic (exact) mass is 341 g/mol. The van der Waals surface area contributed by atoms with Crippen LogP contribution in [0.1, 0.15) is 45.2 Å². The third kappa shape index (κ3) is 4.43. The zero-order valence-corrected chi connectivity index (χ0v) is 14.6. The van der Waals surface area contributed by atoms with E-state index < -0.39 is 5.82 Å². The van der Waals surface area contributed by atoms with Crippen molar-refractivity contribution in [3.05, 3.63) is 34.6 Å². The number of rotatable bonds is 6. The first-order valence-electron chi connectivity index (χ1n) is 8.04. The molecule has 1 saturated heterocycles. The van der Waals surface area contributed by atoms with Crippen molar-refractivity contribution in [2.24, 2.45) is 5.73 Å². The molecule has 1 fully saturated rings. The van der Waals surface area contributed by atoms with Gasteiger partial charge in [0.2, 0.25) is 5.91 Å². The number of hydrogen-bond donors (Lipinski definition) is 2. The van der Waals surface area contributed by atoms with Gasteiger partial charge in [0, 0.05) is 31.1 Å². The van der Waals surface area contributed by atoms with Gasteiger partial charge in [-0.25, -0.2) is 4.39 Å². The second kappa shape index (κ2) is 7.60. The molecule has 0 saturated carbocycles. The fourth-order valence-electron chi connectivity index (χ4n) is 3.42. The number of nitrogens with zero attached hydrogens (tertiary/aromatic N) is 1. The quantitative estimate of drug-likeness (QED) is 0.836. The Bertz CT molecular complexity index is 567. The summed E-state index contributed by atoms with van der Waals surface area (Å²) in [6, 6.07) is 5.53. The van der Waals surface area contributed by atoms with Gasteiger partial charge in [-0.05, 0) is 44.9 Å². The van der Waals surface area contributed by atoms with E-state index in [0.717, 1.165) is 18.5 Å². The van der Waals surface area contributed by atoms with E-state index >= 15 is 0 Å². The second-order valence-electron chi connectivity index (χ2n) is 6.58. The van der Waals surface area contributed by atoms with Gasteiger partial charge in [0.15, 0.2) is 0 Å². The van der Waals surface area contributed by atoms with E-state index in [1.165, 1.54) is 6.07 Å². The Hall–Kier alpha value is -1.17. The Morgan fingerprint density at radius 3 is 2.74 bits per heavy atom. The molecule has 23 heavy (non-hydrogen) atoms. The fourth-order valence-corrected chi connectivity index (χ4v) is 3.53. The van der Waals surface area contributed by atoms with E-state index in [-0.39, 0.29) is 29.1 Å². The van der Waals surface area contributed by atoms with Crippen LogP contribution >= 0.6 is 11.6 Å². The molecule has 0 bridgehead atoms. The molecule has 3 N–H and O–H groups in total. The molecule has 0 aromatic heterocycles. The summed E-state index contributed by atoms with van der Waals surface area (Å²) in [7, 11) is 0. The summed E-state index contributed by atoms with van der Waals surface area (Å²) in [4.78, 5) is 13.4. The summed E-state index contributed by atoms with van der Waals surface area (Å²) in [6.07, 6.45) is 1.23. The average Bonchev–Trinajstić information content (AvgIpc) is 2.84. The largest absolute Gasteiger partial charge is 0.370 e. The van der Waals surface area contributed by atoms with Gasteiger partial charge in [-0.15, -0.1) is 0 Å². The van der Waals surface area contributed by atoms with Crippen molar-refractivity contribution in [3.63, 3.8) is 0 Å². The topological polar surface area (TPSA) is 58.4 Å². The van der Waals surface area contributed by atoms with Crippen LogP contribution in [0.2, 0.25) is 5.02 Å². The van der Waals surface area contributed by atoms with Crippen LogP contribution in [0.4, 0.5) is 4.39 Å². The van der Waals surface area contributed by atoms with E-state index in [1.807, 2.05) is 13.0 Å². The minimum atomic E-state index is -0.399. The minimum Gasteiger partial charge on any atom is -0.370 e. The molecule has 3 atom stereocenters. The Labute approximate surface area is 142 Å². The summed E-state index contributed by atoms with van der Waals surface area (Å²) < 4.78 is 13.9. The molecule has 0 aliphatic carbocycles. The Kier molecular flexibility index (Phi) is 6.00. The number of halogens is 2. The maximum Gasteiger partial charge on any atom is 0.218 e. The highest BCUT2D eigenvalue weighted by Crippen LogP contribution is 2.35. The highest BCUT2D eigenvalue weighted by molar-refractivity contribution is 6.30. The molecule has 0 spiro atoms. The zero-order chi connectivity index (χ0) is 17.1. The number of likely N-dealkylation sites (tertiary alicyclic amines) is 1. The van der Waals surface area contributed by atoms with Gasteiger partial charge in [0.25, 0.3) is 0 Å². The lowest BCUT2D eigenvalue weighted by molar-refractivity contribution is -0.118. The lowest BCUT2D eigenvalue weighted by Gasteiger charge is -2.33. The van der Waals surface area contributed by atoms with Crippen molar-refractivity contribution < 1.29 is 9.18 Å². The van der Waals surface area contributed by atoms with E-state index in [4.69, 9.17) is 17.3 Å². The molecule has 128 valence electrons. The van der Waals surface area contributed by atoms with Crippen molar-refractivity contribution in [2.45, 2.75) is 57.8 Å². The smallest absolute Gasteiger partial charge is 0.218 e. The molecule has 1 aliphatic rings. The van der Waals surface area contributed by atoms with Crippen LogP contribution < -0.4 is 11.1 Å². The van der Waals surface area contributed by atoms with Gasteiger partial charge in [-0.1, -0.05) is 17.7 Å².